The molecule has 108 valence electrons. The summed E-state index contributed by atoms with van der Waals surface area (Å²) in [5.74, 6) is 0. The molecule has 2 N–H and O–H groups in total. The van der Waals surface area contributed by atoms with E-state index >= 15 is 0 Å². The first-order valence-corrected chi connectivity index (χ1v) is 8.10. The van der Waals surface area contributed by atoms with Crippen LogP contribution < -0.4 is 5.73 Å². The number of benzene rings is 1. The van der Waals surface area contributed by atoms with Crippen LogP contribution in [0.2, 0.25) is 0 Å². The van der Waals surface area contributed by atoms with Gasteiger partial charge in [-0.2, -0.15) is 0 Å². The minimum absolute atomic E-state index is 0.592. The molecule has 1 atom stereocenters. The van der Waals surface area contributed by atoms with Crippen molar-refractivity contribution in [3.8, 4) is 0 Å². The number of nitrogens with two attached hydrogens (primary N) is 1. The number of nitrogens with zero attached hydrogens (tertiary/aromatic N) is 1. The Hall–Kier alpha value is -1.32. The predicted octanol–water partition coefficient (Wildman–Crippen LogP) is 3.83. The molecule has 0 fully saturated rings. The van der Waals surface area contributed by atoms with Gasteiger partial charge < -0.3 is 10.6 Å². The average molecular weight is 288 g/mol. The fourth-order valence-electron chi connectivity index (χ4n) is 2.38. The summed E-state index contributed by atoms with van der Waals surface area (Å²) in [4.78, 5) is 3.92. The van der Waals surface area contributed by atoms with E-state index in [-0.39, 0.29) is 0 Å². The van der Waals surface area contributed by atoms with Crippen LogP contribution in [0.25, 0.3) is 0 Å². The fraction of sp³-hybridized carbons (Fsp3) is 0.412. The first-order valence-electron chi connectivity index (χ1n) is 7.22. The topological polar surface area (TPSA) is 29.3 Å². The molecular formula is C17H24N2S. The zero-order valence-corrected chi connectivity index (χ0v) is 13.2. The van der Waals surface area contributed by atoms with Crippen molar-refractivity contribution < 1.29 is 0 Å². The van der Waals surface area contributed by atoms with Gasteiger partial charge in [-0.25, -0.2) is 0 Å². The third-order valence-electron chi connectivity index (χ3n) is 3.76. The van der Waals surface area contributed by atoms with Gasteiger partial charge in [-0.3, -0.25) is 0 Å². The Morgan fingerprint density at radius 1 is 1.25 bits per heavy atom. The SMILES string of the molecule is CC(Cc1cccs1)N(C)CCCc1cccc(N)c1. The number of nitrogen functional groups attached to an aromatic ring is 1. The minimum Gasteiger partial charge on any atom is -0.399 e. The van der Waals surface area contributed by atoms with Gasteiger partial charge in [0.05, 0.1) is 0 Å². The minimum atomic E-state index is 0.592. The summed E-state index contributed by atoms with van der Waals surface area (Å²) < 4.78 is 0. The van der Waals surface area contributed by atoms with E-state index in [1.807, 2.05) is 23.5 Å². The lowest BCUT2D eigenvalue weighted by molar-refractivity contribution is 0.254. The number of thiophene rings is 1. The highest BCUT2D eigenvalue weighted by atomic mass is 32.1. The number of aryl methyl sites for hydroxylation is 1. The van der Waals surface area contributed by atoms with Crippen LogP contribution in [0, 0.1) is 0 Å². The first-order chi connectivity index (χ1) is 9.65. The molecule has 0 aliphatic carbocycles. The maximum atomic E-state index is 5.80. The zero-order chi connectivity index (χ0) is 14.4. The Kier molecular flexibility index (Phi) is 5.62. The monoisotopic (exact) mass is 288 g/mol. The Labute approximate surface area is 126 Å². The van der Waals surface area contributed by atoms with Crippen molar-refractivity contribution in [3.63, 3.8) is 0 Å². The van der Waals surface area contributed by atoms with Gasteiger partial charge in [0.25, 0.3) is 0 Å². The highest BCUT2D eigenvalue weighted by Gasteiger charge is 2.10. The summed E-state index contributed by atoms with van der Waals surface area (Å²) in [6.45, 7) is 3.43. The highest BCUT2D eigenvalue weighted by molar-refractivity contribution is 7.09. The normalized spacial score (nSPS) is 12.8. The summed E-state index contributed by atoms with van der Waals surface area (Å²) in [6, 6.07) is 13.2. The van der Waals surface area contributed by atoms with Gasteiger partial charge in [0.2, 0.25) is 0 Å². The molecule has 1 aromatic heterocycles. The van der Waals surface area contributed by atoms with E-state index in [1.165, 1.54) is 16.9 Å². The summed E-state index contributed by atoms with van der Waals surface area (Å²) >= 11 is 1.85. The molecule has 0 amide bonds. The molecule has 0 aliphatic heterocycles. The van der Waals surface area contributed by atoms with Crippen LogP contribution in [-0.2, 0) is 12.8 Å². The highest BCUT2D eigenvalue weighted by Crippen LogP contribution is 2.14. The van der Waals surface area contributed by atoms with E-state index in [2.05, 4.69) is 48.5 Å². The van der Waals surface area contributed by atoms with Gasteiger partial charge in [0, 0.05) is 16.6 Å². The number of anilines is 1. The molecule has 0 bridgehead atoms. The van der Waals surface area contributed by atoms with E-state index in [4.69, 9.17) is 5.73 Å². The number of hydrogen-bond donors (Lipinski definition) is 1. The molecule has 0 saturated heterocycles. The maximum Gasteiger partial charge on any atom is 0.0316 e. The lowest BCUT2D eigenvalue weighted by atomic mass is 10.1. The van der Waals surface area contributed by atoms with Crippen LogP contribution in [0.3, 0.4) is 0 Å². The number of rotatable bonds is 7. The van der Waals surface area contributed by atoms with Crippen molar-refractivity contribution in [2.45, 2.75) is 32.2 Å². The molecule has 0 aliphatic rings. The molecule has 2 nitrogen and oxygen atoms in total. The zero-order valence-electron chi connectivity index (χ0n) is 12.4. The van der Waals surface area contributed by atoms with Crippen LogP contribution in [0.5, 0.6) is 0 Å². The first kappa shape index (κ1) is 15.1. The molecule has 2 rings (SSSR count). The van der Waals surface area contributed by atoms with Crippen molar-refractivity contribution in [2.24, 2.45) is 0 Å². The lowest BCUT2D eigenvalue weighted by Crippen LogP contribution is -2.31. The quantitative estimate of drug-likeness (QED) is 0.785. The molecule has 1 heterocycles. The molecule has 20 heavy (non-hydrogen) atoms. The molecule has 1 aromatic carbocycles. The largest absolute Gasteiger partial charge is 0.399 e. The van der Waals surface area contributed by atoms with Crippen LogP contribution in [0.15, 0.2) is 41.8 Å². The van der Waals surface area contributed by atoms with Crippen molar-refractivity contribution in [1.82, 2.24) is 4.90 Å². The lowest BCUT2D eigenvalue weighted by Gasteiger charge is -2.24. The Balaban J connectivity index is 1.73. The second kappa shape index (κ2) is 7.46. The Morgan fingerprint density at radius 2 is 2.10 bits per heavy atom. The van der Waals surface area contributed by atoms with Crippen LogP contribution in [0.4, 0.5) is 5.69 Å². The predicted molar refractivity (Wildman–Crippen MR) is 89.3 cm³/mol. The van der Waals surface area contributed by atoms with Crippen molar-refractivity contribution in [2.75, 3.05) is 19.3 Å². The summed E-state index contributed by atoms with van der Waals surface area (Å²) in [5.41, 5.74) is 8.01. The number of likely N-dealkylation sites (N-methyl/N-ethyl adjacent to an activating group) is 1. The standard InChI is InChI=1S/C17H24N2S/c1-14(12-17-9-5-11-20-17)19(2)10-4-7-15-6-3-8-16(18)13-15/h3,5-6,8-9,11,13-14H,4,7,10,12,18H2,1-2H3. The van der Waals surface area contributed by atoms with Gasteiger partial charge in [0.1, 0.15) is 0 Å². The van der Waals surface area contributed by atoms with Crippen molar-refractivity contribution in [3.05, 3.63) is 52.2 Å². The van der Waals surface area contributed by atoms with Crippen LogP contribution >= 0.6 is 11.3 Å². The molecule has 0 radical (unpaired) electrons. The van der Waals surface area contributed by atoms with Gasteiger partial charge in [-0.1, -0.05) is 18.2 Å². The van der Waals surface area contributed by atoms with E-state index in [1.54, 1.807) is 0 Å². The van der Waals surface area contributed by atoms with Gasteiger partial charge >= 0.3 is 0 Å². The van der Waals surface area contributed by atoms with Gasteiger partial charge in [0.15, 0.2) is 0 Å². The van der Waals surface area contributed by atoms with Gasteiger partial charge in [-0.05, 0) is 68.9 Å². The molecule has 0 saturated carbocycles. The van der Waals surface area contributed by atoms with Crippen LogP contribution in [0.1, 0.15) is 23.8 Å². The summed E-state index contributed by atoms with van der Waals surface area (Å²) in [5, 5.41) is 2.15. The van der Waals surface area contributed by atoms with E-state index in [0.29, 0.717) is 6.04 Å². The summed E-state index contributed by atoms with van der Waals surface area (Å²) in [7, 11) is 2.22. The molecule has 1 unspecified atom stereocenters. The maximum absolute atomic E-state index is 5.80. The van der Waals surface area contributed by atoms with E-state index < -0.39 is 0 Å². The van der Waals surface area contributed by atoms with Gasteiger partial charge in [-0.15, -0.1) is 11.3 Å². The third-order valence-corrected chi connectivity index (χ3v) is 4.66. The Bertz CT molecular complexity index is 507. The molecule has 2 aromatic rings. The average Bonchev–Trinajstić information content (AvgIpc) is 2.91. The van der Waals surface area contributed by atoms with Crippen molar-refractivity contribution in [1.29, 1.82) is 0 Å². The second-order valence-corrected chi connectivity index (χ2v) is 6.49. The molecule has 0 spiro atoms. The Morgan fingerprint density at radius 3 is 2.80 bits per heavy atom. The summed E-state index contributed by atoms with van der Waals surface area (Å²) in [6.07, 6.45) is 3.42. The van der Waals surface area contributed by atoms with Crippen molar-refractivity contribution >= 4 is 17.0 Å². The molecular weight excluding hydrogens is 264 g/mol. The van der Waals surface area contributed by atoms with E-state index in [9.17, 15) is 0 Å². The fourth-order valence-corrected chi connectivity index (χ4v) is 3.20. The second-order valence-electron chi connectivity index (χ2n) is 5.46. The third kappa shape index (κ3) is 4.66. The molecule has 3 heteroatoms. The number of hydrogen-bond acceptors (Lipinski definition) is 3. The van der Waals surface area contributed by atoms with Crippen LogP contribution in [-0.4, -0.2) is 24.5 Å². The van der Waals surface area contributed by atoms with E-state index in [0.717, 1.165) is 25.1 Å². The smallest absolute Gasteiger partial charge is 0.0316 e.